The predicted octanol–water partition coefficient (Wildman–Crippen LogP) is 1.29. The lowest BCUT2D eigenvalue weighted by Gasteiger charge is -2.10. The van der Waals surface area contributed by atoms with Crippen molar-refractivity contribution < 1.29 is 14.7 Å². The van der Waals surface area contributed by atoms with Crippen molar-refractivity contribution in [1.82, 2.24) is 15.1 Å². The van der Waals surface area contributed by atoms with E-state index >= 15 is 0 Å². The van der Waals surface area contributed by atoms with E-state index in [0.29, 0.717) is 17.7 Å². The molecule has 1 aliphatic rings. The molecule has 1 aliphatic carbocycles. The van der Waals surface area contributed by atoms with Crippen LogP contribution in [-0.2, 0) is 11.8 Å². The molecule has 1 fully saturated rings. The molecule has 19 heavy (non-hydrogen) atoms. The number of rotatable bonds is 3. The van der Waals surface area contributed by atoms with Crippen molar-refractivity contribution in [3.8, 4) is 0 Å². The summed E-state index contributed by atoms with van der Waals surface area (Å²) in [6.45, 7) is 1.89. The minimum atomic E-state index is -1.04. The first kappa shape index (κ1) is 12.2. The number of aryl methyl sites for hydroxylation is 2. The monoisotopic (exact) mass is 279 g/mol. The fourth-order valence-corrected chi connectivity index (χ4v) is 3.13. The summed E-state index contributed by atoms with van der Waals surface area (Å²) >= 11 is 1.33. The van der Waals surface area contributed by atoms with Crippen LogP contribution in [0.15, 0.2) is 6.07 Å². The average Bonchev–Trinajstić information content (AvgIpc) is 2.89. The Balaban J connectivity index is 1.90. The number of amides is 1. The van der Waals surface area contributed by atoms with E-state index in [1.54, 1.807) is 10.7 Å². The minimum absolute atomic E-state index is 0.319. The highest BCUT2D eigenvalue weighted by atomic mass is 32.1. The molecule has 0 saturated heterocycles. The SMILES string of the molecule is Cc1nn(C)c2sc(C(=O)NC3(C(=O)O)CC3)cc12. The molecular weight excluding hydrogens is 266 g/mol. The number of hydrogen-bond donors (Lipinski definition) is 2. The number of carbonyl (C=O) groups is 2. The molecule has 2 aromatic heterocycles. The van der Waals surface area contributed by atoms with Crippen LogP contribution in [0.4, 0.5) is 0 Å². The zero-order valence-electron chi connectivity index (χ0n) is 10.6. The van der Waals surface area contributed by atoms with Crippen LogP contribution < -0.4 is 5.32 Å². The Morgan fingerprint density at radius 3 is 2.74 bits per heavy atom. The van der Waals surface area contributed by atoms with Crippen molar-refractivity contribution in [2.24, 2.45) is 7.05 Å². The number of aromatic nitrogens is 2. The zero-order valence-corrected chi connectivity index (χ0v) is 11.4. The number of aliphatic carboxylic acids is 1. The molecule has 100 valence electrons. The molecule has 2 N–H and O–H groups in total. The van der Waals surface area contributed by atoms with Gasteiger partial charge in [-0.15, -0.1) is 11.3 Å². The Kier molecular flexibility index (Phi) is 2.43. The number of fused-ring (bicyclic) bond motifs is 1. The summed E-state index contributed by atoms with van der Waals surface area (Å²) in [6, 6.07) is 1.77. The Labute approximate surface area is 113 Å². The standard InChI is InChI=1S/C12H13N3O3S/c1-6-7-5-8(19-10(7)15(2)14-6)9(16)13-12(3-4-12)11(17)18/h5H,3-4H2,1-2H3,(H,13,16)(H,17,18). The first-order valence-electron chi connectivity index (χ1n) is 5.92. The van der Waals surface area contributed by atoms with E-state index in [4.69, 9.17) is 5.11 Å². The Hall–Kier alpha value is -1.89. The smallest absolute Gasteiger partial charge is 0.329 e. The number of carboxylic acids is 1. The fraction of sp³-hybridized carbons (Fsp3) is 0.417. The van der Waals surface area contributed by atoms with Crippen LogP contribution in [0.25, 0.3) is 10.2 Å². The van der Waals surface area contributed by atoms with E-state index in [1.807, 2.05) is 14.0 Å². The van der Waals surface area contributed by atoms with Gasteiger partial charge in [0, 0.05) is 12.4 Å². The highest BCUT2D eigenvalue weighted by molar-refractivity contribution is 7.20. The summed E-state index contributed by atoms with van der Waals surface area (Å²) in [5.74, 6) is -1.28. The maximum atomic E-state index is 12.1. The molecule has 2 heterocycles. The van der Waals surface area contributed by atoms with E-state index in [2.05, 4.69) is 10.4 Å². The van der Waals surface area contributed by atoms with Gasteiger partial charge < -0.3 is 10.4 Å². The summed E-state index contributed by atoms with van der Waals surface area (Å²) in [7, 11) is 1.83. The van der Waals surface area contributed by atoms with Gasteiger partial charge in [-0.3, -0.25) is 9.48 Å². The van der Waals surface area contributed by atoms with Gasteiger partial charge in [0.15, 0.2) is 0 Å². The second-order valence-corrected chi connectivity index (χ2v) is 5.91. The maximum absolute atomic E-state index is 12.1. The number of carboxylic acid groups (broad SMARTS) is 1. The van der Waals surface area contributed by atoms with E-state index in [9.17, 15) is 9.59 Å². The number of thiophene rings is 1. The third-order valence-electron chi connectivity index (χ3n) is 3.43. The second kappa shape index (κ2) is 3.80. The molecule has 7 heteroatoms. The molecule has 2 aromatic rings. The summed E-state index contributed by atoms with van der Waals surface area (Å²) in [4.78, 5) is 24.6. The van der Waals surface area contributed by atoms with Crippen LogP contribution in [0.2, 0.25) is 0 Å². The summed E-state index contributed by atoms with van der Waals surface area (Å²) in [6.07, 6.45) is 0.999. The molecule has 0 radical (unpaired) electrons. The largest absolute Gasteiger partial charge is 0.480 e. The van der Waals surface area contributed by atoms with Crippen LogP contribution in [0.5, 0.6) is 0 Å². The first-order valence-corrected chi connectivity index (χ1v) is 6.74. The van der Waals surface area contributed by atoms with Crippen LogP contribution >= 0.6 is 11.3 Å². The average molecular weight is 279 g/mol. The normalized spacial score (nSPS) is 16.5. The Morgan fingerprint density at radius 1 is 1.53 bits per heavy atom. The van der Waals surface area contributed by atoms with E-state index in [0.717, 1.165) is 15.9 Å². The Bertz CT molecular complexity index is 662. The van der Waals surface area contributed by atoms with Crippen LogP contribution in [-0.4, -0.2) is 32.3 Å². The molecule has 3 rings (SSSR count). The summed E-state index contributed by atoms with van der Waals surface area (Å²) < 4.78 is 1.73. The minimum Gasteiger partial charge on any atom is -0.480 e. The third kappa shape index (κ3) is 1.81. The topological polar surface area (TPSA) is 84.2 Å². The van der Waals surface area contributed by atoms with Crippen LogP contribution in [0.3, 0.4) is 0 Å². The second-order valence-electron chi connectivity index (χ2n) is 4.88. The molecule has 0 unspecified atom stereocenters. The molecule has 0 aliphatic heterocycles. The van der Waals surface area contributed by atoms with Gasteiger partial charge in [-0.25, -0.2) is 4.79 Å². The molecule has 0 aromatic carbocycles. The van der Waals surface area contributed by atoms with Crippen molar-refractivity contribution in [2.75, 3.05) is 0 Å². The molecular formula is C12H13N3O3S. The third-order valence-corrected chi connectivity index (χ3v) is 4.63. The van der Waals surface area contributed by atoms with Crippen LogP contribution in [0.1, 0.15) is 28.2 Å². The van der Waals surface area contributed by atoms with Gasteiger partial charge in [0.05, 0.1) is 10.6 Å². The van der Waals surface area contributed by atoms with Gasteiger partial charge in [0.1, 0.15) is 10.4 Å². The zero-order chi connectivity index (χ0) is 13.8. The summed E-state index contributed by atoms with van der Waals surface area (Å²) in [5.41, 5.74) is -0.173. The number of nitrogens with zero attached hydrogens (tertiary/aromatic N) is 2. The quantitative estimate of drug-likeness (QED) is 0.886. The van der Waals surface area contributed by atoms with Gasteiger partial charge in [-0.1, -0.05) is 0 Å². The van der Waals surface area contributed by atoms with E-state index in [-0.39, 0.29) is 5.91 Å². The number of hydrogen-bond acceptors (Lipinski definition) is 4. The van der Waals surface area contributed by atoms with Gasteiger partial charge in [0.2, 0.25) is 0 Å². The molecule has 0 spiro atoms. The van der Waals surface area contributed by atoms with Crippen molar-refractivity contribution in [3.05, 3.63) is 16.6 Å². The number of carbonyl (C=O) groups excluding carboxylic acids is 1. The van der Waals surface area contributed by atoms with E-state index < -0.39 is 11.5 Å². The maximum Gasteiger partial charge on any atom is 0.329 e. The van der Waals surface area contributed by atoms with Crippen molar-refractivity contribution in [2.45, 2.75) is 25.3 Å². The highest BCUT2D eigenvalue weighted by Gasteiger charge is 2.51. The molecule has 0 bridgehead atoms. The van der Waals surface area contributed by atoms with Crippen LogP contribution in [0, 0.1) is 6.92 Å². The van der Waals surface area contributed by atoms with Crippen molar-refractivity contribution in [3.63, 3.8) is 0 Å². The lowest BCUT2D eigenvalue weighted by molar-refractivity contribution is -0.140. The van der Waals surface area contributed by atoms with Gasteiger partial charge >= 0.3 is 5.97 Å². The first-order chi connectivity index (χ1) is 8.93. The van der Waals surface area contributed by atoms with Gasteiger partial charge in [0.25, 0.3) is 5.91 Å². The van der Waals surface area contributed by atoms with Gasteiger partial charge in [-0.05, 0) is 25.8 Å². The lowest BCUT2D eigenvalue weighted by Crippen LogP contribution is -2.42. The predicted molar refractivity (Wildman–Crippen MR) is 70.4 cm³/mol. The Morgan fingerprint density at radius 2 is 2.21 bits per heavy atom. The molecule has 1 saturated carbocycles. The molecule has 1 amide bonds. The molecule has 0 atom stereocenters. The van der Waals surface area contributed by atoms with Crippen molar-refractivity contribution >= 4 is 33.4 Å². The highest BCUT2D eigenvalue weighted by Crippen LogP contribution is 2.36. The van der Waals surface area contributed by atoms with Crippen molar-refractivity contribution in [1.29, 1.82) is 0 Å². The fourth-order valence-electron chi connectivity index (χ4n) is 2.11. The van der Waals surface area contributed by atoms with E-state index in [1.165, 1.54) is 11.3 Å². The molecule has 6 nitrogen and oxygen atoms in total. The lowest BCUT2D eigenvalue weighted by atomic mass is 10.2. The van der Waals surface area contributed by atoms with Gasteiger partial charge in [-0.2, -0.15) is 5.10 Å². The summed E-state index contributed by atoms with van der Waals surface area (Å²) in [5, 5.41) is 16.9. The number of nitrogens with one attached hydrogen (secondary N) is 1.